The van der Waals surface area contributed by atoms with Gasteiger partial charge in [0.15, 0.2) is 0 Å². The third-order valence-electron chi connectivity index (χ3n) is 4.59. The molecule has 1 rings (SSSR count). The minimum Gasteiger partial charge on any atom is -0.329 e. The summed E-state index contributed by atoms with van der Waals surface area (Å²) in [6, 6.07) is 6.12. The van der Waals surface area contributed by atoms with Gasteiger partial charge in [-0.15, -0.1) is 0 Å². The number of likely N-dealkylation sites (N-methyl/N-ethyl adjacent to an activating group) is 1. The molecule has 0 fully saturated rings. The first kappa shape index (κ1) is 17.1. The van der Waals surface area contributed by atoms with E-state index in [4.69, 9.17) is 5.73 Å². The van der Waals surface area contributed by atoms with E-state index in [-0.39, 0.29) is 5.54 Å². The topological polar surface area (TPSA) is 42.1 Å². The monoisotopic (exact) mass is 277 g/mol. The minimum atomic E-state index is 0.0989. The van der Waals surface area contributed by atoms with Crippen molar-refractivity contribution in [3.8, 4) is 0 Å². The Morgan fingerprint density at radius 1 is 1.30 bits per heavy atom. The lowest BCUT2D eigenvalue weighted by atomic mass is 9.83. The van der Waals surface area contributed by atoms with Crippen molar-refractivity contribution >= 4 is 0 Å². The van der Waals surface area contributed by atoms with E-state index in [0.717, 1.165) is 31.6 Å². The summed E-state index contributed by atoms with van der Waals surface area (Å²) in [5, 5.41) is 0. The van der Waals surface area contributed by atoms with Crippen LogP contribution >= 0.6 is 0 Å². The standard InChI is InChI=1S/C17H31N3/c1-5-15(4)12-17(6-2,14-18)20(7-3)13-16-10-8-9-11-19-16/h8-11,15H,5-7,12-14,18H2,1-4H3. The fourth-order valence-corrected chi connectivity index (χ4v) is 2.95. The van der Waals surface area contributed by atoms with Gasteiger partial charge in [-0.1, -0.05) is 40.2 Å². The smallest absolute Gasteiger partial charge is 0.0544 e. The molecule has 0 radical (unpaired) electrons. The zero-order valence-corrected chi connectivity index (χ0v) is 13.6. The Morgan fingerprint density at radius 3 is 2.50 bits per heavy atom. The Hall–Kier alpha value is -0.930. The second kappa shape index (κ2) is 8.38. The highest BCUT2D eigenvalue weighted by Crippen LogP contribution is 2.29. The number of rotatable bonds is 9. The Bertz CT molecular complexity index is 360. The van der Waals surface area contributed by atoms with Crippen molar-refractivity contribution in [3.63, 3.8) is 0 Å². The van der Waals surface area contributed by atoms with Crippen LogP contribution in [0.2, 0.25) is 0 Å². The molecule has 20 heavy (non-hydrogen) atoms. The summed E-state index contributed by atoms with van der Waals surface area (Å²) in [6.45, 7) is 11.7. The maximum Gasteiger partial charge on any atom is 0.0544 e. The molecule has 0 aliphatic carbocycles. The van der Waals surface area contributed by atoms with Gasteiger partial charge in [0.2, 0.25) is 0 Å². The zero-order valence-electron chi connectivity index (χ0n) is 13.6. The van der Waals surface area contributed by atoms with Gasteiger partial charge < -0.3 is 5.73 Å². The van der Waals surface area contributed by atoms with Crippen LogP contribution in [0.1, 0.15) is 52.7 Å². The molecule has 3 nitrogen and oxygen atoms in total. The van der Waals surface area contributed by atoms with Crippen molar-refractivity contribution in [2.24, 2.45) is 11.7 Å². The van der Waals surface area contributed by atoms with E-state index >= 15 is 0 Å². The summed E-state index contributed by atoms with van der Waals surface area (Å²) < 4.78 is 0. The van der Waals surface area contributed by atoms with Crippen LogP contribution in [0.25, 0.3) is 0 Å². The van der Waals surface area contributed by atoms with Crippen molar-refractivity contribution < 1.29 is 0 Å². The second-order valence-electron chi connectivity index (χ2n) is 5.83. The number of nitrogens with zero attached hydrogens (tertiary/aromatic N) is 2. The van der Waals surface area contributed by atoms with Gasteiger partial charge in [-0.3, -0.25) is 9.88 Å². The predicted molar refractivity (Wildman–Crippen MR) is 86.5 cm³/mol. The second-order valence-corrected chi connectivity index (χ2v) is 5.83. The van der Waals surface area contributed by atoms with Gasteiger partial charge in [0.05, 0.1) is 5.69 Å². The SMILES string of the molecule is CCC(C)CC(CC)(CN)N(CC)Cc1ccccn1. The van der Waals surface area contributed by atoms with Gasteiger partial charge in [-0.25, -0.2) is 0 Å². The molecule has 1 aromatic rings. The lowest BCUT2D eigenvalue weighted by Gasteiger charge is -2.44. The molecular weight excluding hydrogens is 246 g/mol. The van der Waals surface area contributed by atoms with Crippen LogP contribution in [0.4, 0.5) is 0 Å². The minimum absolute atomic E-state index is 0.0989. The number of hydrogen-bond donors (Lipinski definition) is 1. The molecule has 0 amide bonds. The van der Waals surface area contributed by atoms with E-state index in [1.54, 1.807) is 0 Å². The maximum atomic E-state index is 6.19. The Balaban J connectivity index is 2.90. The molecule has 2 atom stereocenters. The first-order chi connectivity index (χ1) is 9.61. The van der Waals surface area contributed by atoms with Crippen LogP contribution in [0.5, 0.6) is 0 Å². The summed E-state index contributed by atoms with van der Waals surface area (Å²) in [6.07, 6.45) is 5.34. The fraction of sp³-hybridized carbons (Fsp3) is 0.706. The van der Waals surface area contributed by atoms with Crippen molar-refractivity contribution in [1.82, 2.24) is 9.88 Å². The quantitative estimate of drug-likeness (QED) is 0.752. The first-order valence-corrected chi connectivity index (χ1v) is 7.96. The molecule has 0 aliphatic rings. The Morgan fingerprint density at radius 2 is 2.05 bits per heavy atom. The van der Waals surface area contributed by atoms with Crippen molar-refractivity contribution in [2.45, 2.75) is 59.0 Å². The van der Waals surface area contributed by atoms with Crippen LogP contribution in [0.3, 0.4) is 0 Å². The normalized spacial score (nSPS) is 16.1. The highest BCUT2D eigenvalue weighted by Gasteiger charge is 2.34. The number of hydrogen-bond acceptors (Lipinski definition) is 3. The summed E-state index contributed by atoms with van der Waals surface area (Å²) >= 11 is 0. The molecule has 0 saturated heterocycles. The van der Waals surface area contributed by atoms with E-state index in [1.165, 1.54) is 6.42 Å². The number of nitrogens with two attached hydrogens (primary N) is 1. The van der Waals surface area contributed by atoms with Crippen molar-refractivity contribution in [2.75, 3.05) is 13.1 Å². The third-order valence-corrected chi connectivity index (χ3v) is 4.59. The molecule has 0 spiro atoms. The Kier molecular flexibility index (Phi) is 7.17. The first-order valence-electron chi connectivity index (χ1n) is 7.96. The molecule has 2 unspecified atom stereocenters. The number of aromatic nitrogens is 1. The molecule has 1 heterocycles. The average Bonchev–Trinajstić information content (AvgIpc) is 2.51. The van der Waals surface area contributed by atoms with E-state index in [0.29, 0.717) is 12.5 Å². The van der Waals surface area contributed by atoms with Crippen LogP contribution in [-0.4, -0.2) is 28.5 Å². The Labute approximate surface area is 124 Å². The lowest BCUT2D eigenvalue weighted by Crippen LogP contribution is -2.54. The molecule has 2 N–H and O–H groups in total. The highest BCUT2D eigenvalue weighted by atomic mass is 15.2. The molecule has 1 aromatic heterocycles. The molecular formula is C17H31N3. The van der Waals surface area contributed by atoms with Crippen LogP contribution < -0.4 is 5.73 Å². The van der Waals surface area contributed by atoms with Gasteiger partial charge >= 0.3 is 0 Å². The van der Waals surface area contributed by atoms with E-state index < -0.39 is 0 Å². The summed E-state index contributed by atoms with van der Waals surface area (Å²) in [5.74, 6) is 0.705. The maximum absolute atomic E-state index is 6.19. The van der Waals surface area contributed by atoms with E-state index in [2.05, 4.69) is 49.7 Å². The van der Waals surface area contributed by atoms with Gasteiger partial charge in [-0.05, 0) is 37.4 Å². The average molecular weight is 277 g/mol. The van der Waals surface area contributed by atoms with Crippen LogP contribution in [-0.2, 0) is 6.54 Å². The number of pyridine rings is 1. The van der Waals surface area contributed by atoms with E-state index in [9.17, 15) is 0 Å². The molecule has 3 heteroatoms. The zero-order chi connectivity index (χ0) is 15.0. The predicted octanol–water partition coefficient (Wildman–Crippen LogP) is 3.45. The van der Waals surface area contributed by atoms with Crippen LogP contribution in [0.15, 0.2) is 24.4 Å². The summed E-state index contributed by atoms with van der Waals surface area (Å²) in [7, 11) is 0. The van der Waals surface area contributed by atoms with Gasteiger partial charge in [-0.2, -0.15) is 0 Å². The van der Waals surface area contributed by atoms with Gasteiger partial charge in [0, 0.05) is 24.8 Å². The van der Waals surface area contributed by atoms with Gasteiger partial charge in [0.25, 0.3) is 0 Å². The van der Waals surface area contributed by atoms with Crippen molar-refractivity contribution in [1.29, 1.82) is 0 Å². The summed E-state index contributed by atoms with van der Waals surface area (Å²) in [4.78, 5) is 6.98. The fourth-order valence-electron chi connectivity index (χ4n) is 2.95. The van der Waals surface area contributed by atoms with Gasteiger partial charge in [0.1, 0.15) is 0 Å². The molecule has 0 aromatic carbocycles. The molecule has 114 valence electrons. The third kappa shape index (κ3) is 4.29. The lowest BCUT2D eigenvalue weighted by molar-refractivity contribution is 0.0622. The molecule has 0 aliphatic heterocycles. The largest absolute Gasteiger partial charge is 0.329 e. The molecule has 0 bridgehead atoms. The molecule has 0 saturated carbocycles. The van der Waals surface area contributed by atoms with Crippen LogP contribution in [0, 0.1) is 5.92 Å². The summed E-state index contributed by atoms with van der Waals surface area (Å²) in [5.41, 5.74) is 7.42. The highest BCUT2D eigenvalue weighted by molar-refractivity contribution is 5.05. The van der Waals surface area contributed by atoms with Crippen molar-refractivity contribution in [3.05, 3.63) is 30.1 Å². The van der Waals surface area contributed by atoms with E-state index in [1.807, 2.05) is 12.3 Å².